The predicted octanol–water partition coefficient (Wildman–Crippen LogP) is 4.08. The van der Waals surface area contributed by atoms with Crippen LogP contribution in [0.1, 0.15) is 23.7 Å². The van der Waals surface area contributed by atoms with Crippen molar-refractivity contribution in [2.75, 3.05) is 13.1 Å². The summed E-state index contributed by atoms with van der Waals surface area (Å²) in [4.78, 5) is 14.1. The molecule has 1 aromatic carbocycles. The first-order valence-corrected chi connectivity index (χ1v) is 7.06. The zero-order valence-corrected chi connectivity index (χ0v) is 12.3. The molecule has 1 aromatic rings. The Hall–Kier alpha value is -0.440. The van der Waals surface area contributed by atoms with Crippen molar-refractivity contribution in [3.8, 4) is 0 Å². The Bertz CT molecular complexity index is 464. The van der Waals surface area contributed by atoms with Crippen LogP contribution in [0.3, 0.4) is 0 Å². The molecule has 1 amide bonds. The molecular formula is C13H14Cl3NO. The minimum atomic E-state index is -0.0490. The van der Waals surface area contributed by atoms with Gasteiger partial charge in [-0.15, -0.1) is 11.6 Å². The molecule has 98 valence electrons. The highest BCUT2D eigenvalue weighted by Crippen LogP contribution is 2.26. The van der Waals surface area contributed by atoms with Crippen LogP contribution in [0, 0.1) is 5.92 Å². The lowest BCUT2D eigenvalue weighted by Gasteiger charge is -2.34. The molecule has 2 unspecified atom stereocenters. The van der Waals surface area contributed by atoms with Crippen LogP contribution in [0.4, 0.5) is 0 Å². The molecule has 18 heavy (non-hydrogen) atoms. The van der Waals surface area contributed by atoms with E-state index >= 15 is 0 Å². The molecule has 0 aliphatic carbocycles. The molecule has 0 radical (unpaired) electrons. The van der Waals surface area contributed by atoms with Gasteiger partial charge in [-0.3, -0.25) is 4.79 Å². The summed E-state index contributed by atoms with van der Waals surface area (Å²) in [6.45, 7) is 3.41. The molecule has 1 fully saturated rings. The van der Waals surface area contributed by atoms with Crippen LogP contribution in [0.25, 0.3) is 0 Å². The van der Waals surface area contributed by atoms with Crippen LogP contribution in [0.2, 0.25) is 10.0 Å². The average Bonchev–Trinajstić information content (AvgIpc) is 2.32. The van der Waals surface area contributed by atoms with E-state index in [1.807, 2.05) is 0 Å². The summed E-state index contributed by atoms with van der Waals surface area (Å²) in [5, 5.41) is 1.08. The molecule has 2 atom stereocenters. The summed E-state index contributed by atoms with van der Waals surface area (Å²) >= 11 is 18.0. The van der Waals surface area contributed by atoms with E-state index in [4.69, 9.17) is 34.8 Å². The first kappa shape index (κ1) is 14.0. The Morgan fingerprint density at radius 1 is 1.39 bits per heavy atom. The largest absolute Gasteiger partial charge is 0.338 e. The molecule has 2 nitrogen and oxygen atoms in total. The maximum Gasteiger partial charge on any atom is 0.255 e. The number of rotatable bonds is 1. The highest BCUT2D eigenvalue weighted by atomic mass is 35.5. The first-order valence-electron chi connectivity index (χ1n) is 5.87. The van der Waals surface area contributed by atoms with Crippen molar-refractivity contribution in [2.24, 2.45) is 5.92 Å². The van der Waals surface area contributed by atoms with E-state index in [1.165, 1.54) is 0 Å². The Kier molecular flexibility index (Phi) is 4.41. The van der Waals surface area contributed by atoms with Crippen LogP contribution in [-0.2, 0) is 0 Å². The maximum absolute atomic E-state index is 12.3. The minimum Gasteiger partial charge on any atom is -0.338 e. The van der Waals surface area contributed by atoms with E-state index in [-0.39, 0.29) is 11.3 Å². The smallest absolute Gasteiger partial charge is 0.255 e. The van der Waals surface area contributed by atoms with Gasteiger partial charge in [-0.1, -0.05) is 30.1 Å². The fraction of sp³-hybridized carbons (Fsp3) is 0.462. The van der Waals surface area contributed by atoms with Crippen LogP contribution >= 0.6 is 34.8 Å². The highest BCUT2D eigenvalue weighted by molar-refractivity contribution is 6.36. The Morgan fingerprint density at radius 2 is 2.11 bits per heavy atom. The number of carbonyl (C=O) groups is 1. The summed E-state index contributed by atoms with van der Waals surface area (Å²) in [5.41, 5.74) is 0.501. The van der Waals surface area contributed by atoms with E-state index in [1.54, 1.807) is 23.1 Å². The van der Waals surface area contributed by atoms with Gasteiger partial charge in [0, 0.05) is 23.5 Å². The Morgan fingerprint density at radius 3 is 2.72 bits per heavy atom. The standard InChI is InChI=1S/C13H14Cl3NO/c1-8-7-17(5-4-11(8)15)13(18)10-3-2-9(14)6-12(10)16/h2-3,6,8,11H,4-5,7H2,1H3. The van der Waals surface area contributed by atoms with Crippen molar-refractivity contribution < 1.29 is 4.79 Å². The second-order valence-corrected chi connectivity index (χ2v) is 6.06. The van der Waals surface area contributed by atoms with Crippen LogP contribution in [-0.4, -0.2) is 29.3 Å². The summed E-state index contributed by atoms with van der Waals surface area (Å²) in [7, 11) is 0. The van der Waals surface area contributed by atoms with Gasteiger partial charge < -0.3 is 4.90 Å². The zero-order chi connectivity index (χ0) is 13.3. The third-order valence-corrected chi connectivity index (χ3v) is 4.45. The van der Waals surface area contributed by atoms with Crippen molar-refractivity contribution in [1.82, 2.24) is 4.90 Å². The second kappa shape index (κ2) is 5.68. The number of likely N-dealkylation sites (tertiary alicyclic amines) is 1. The number of halogens is 3. The Balaban J connectivity index is 2.16. The summed E-state index contributed by atoms with van der Waals surface area (Å²) < 4.78 is 0. The van der Waals surface area contributed by atoms with E-state index in [2.05, 4.69) is 6.92 Å². The second-order valence-electron chi connectivity index (χ2n) is 4.66. The molecule has 0 spiro atoms. The molecule has 0 aromatic heterocycles. The third-order valence-electron chi connectivity index (χ3n) is 3.25. The molecule has 2 rings (SSSR count). The maximum atomic E-state index is 12.3. The molecule has 5 heteroatoms. The normalized spacial score (nSPS) is 24.1. The summed E-state index contributed by atoms with van der Waals surface area (Å²) in [6, 6.07) is 4.94. The van der Waals surface area contributed by atoms with E-state index in [0.29, 0.717) is 34.6 Å². The number of piperidine rings is 1. The molecule has 1 heterocycles. The summed E-state index contributed by atoms with van der Waals surface area (Å²) in [5.74, 6) is 0.252. The lowest BCUT2D eigenvalue weighted by Crippen LogP contribution is -2.43. The molecule has 0 bridgehead atoms. The number of hydrogen-bond acceptors (Lipinski definition) is 1. The molecular weight excluding hydrogens is 293 g/mol. The average molecular weight is 307 g/mol. The van der Waals surface area contributed by atoms with Crippen LogP contribution in [0.15, 0.2) is 18.2 Å². The van der Waals surface area contributed by atoms with Gasteiger partial charge in [0.15, 0.2) is 0 Å². The van der Waals surface area contributed by atoms with Crippen LogP contribution < -0.4 is 0 Å². The lowest BCUT2D eigenvalue weighted by molar-refractivity contribution is 0.0687. The zero-order valence-electron chi connectivity index (χ0n) is 10.00. The monoisotopic (exact) mass is 305 g/mol. The number of nitrogens with zero attached hydrogens (tertiary/aromatic N) is 1. The van der Waals surface area contributed by atoms with Gasteiger partial charge in [-0.2, -0.15) is 0 Å². The van der Waals surface area contributed by atoms with Crippen molar-refractivity contribution >= 4 is 40.7 Å². The minimum absolute atomic E-state index is 0.0490. The predicted molar refractivity (Wildman–Crippen MR) is 75.8 cm³/mol. The quantitative estimate of drug-likeness (QED) is 0.716. The number of carbonyl (C=O) groups excluding carboxylic acids is 1. The highest BCUT2D eigenvalue weighted by Gasteiger charge is 2.28. The van der Waals surface area contributed by atoms with Crippen LogP contribution in [0.5, 0.6) is 0 Å². The van der Waals surface area contributed by atoms with Crippen molar-refractivity contribution in [1.29, 1.82) is 0 Å². The first-order chi connectivity index (χ1) is 8.49. The number of benzene rings is 1. The molecule has 1 aliphatic rings. The van der Waals surface area contributed by atoms with Gasteiger partial charge in [0.05, 0.1) is 10.6 Å². The topological polar surface area (TPSA) is 20.3 Å². The van der Waals surface area contributed by atoms with E-state index < -0.39 is 0 Å². The lowest BCUT2D eigenvalue weighted by atomic mass is 9.99. The van der Waals surface area contributed by atoms with E-state index in [9.17, 15) is 4.79 Å². The molecule has 1 aliphatic heterocycles. The number of amides is 1. The van der Waals surface area contributed by atoms with Gasteiger partial charge in [0.25, 0.3) is 5.91 Å². The summed E-state index contributed by atoms with van der Waals surface area (Å²) in [6.07, 6.45) is 0.819. The number of hydrogen-bond donors (Lipinski definition) is 0. The van der Waals surface area contributed by atoms with Gasteiger partial charge in [-0.05, 0) is 30.5 Å². The SMILES string of the molecule is CC1CN(C(=O)c2ccc(Cl)cc2Cl)CCC1Cl. The van der Waals surface area contributed by atoms with Crippen molar-refractivity contribution in [2.45, 2.75) is 18.7 Å². The molecule has 1 saturated heterocycles. The van der Waals surface area contributed by atoms with Crippen molar-refractivity contribution in [3.05, 3.63) is 33.8 Å². The molecule has 0 saturated carbocycles. The van der Waals surface area contributed by atoms with Gasteiger partial charge in [-0.25, -0.2) is 0 Å². The number of alkyl halides is 1. The Labute approximate surface area is 122 Å². The van der Waals surface area contributed by atoms with Gasteiger partial charge >= 0.3 is 0 Å². The fourth-order valence-electron chi connectivity index (χ4n) is 2.13. The van der Waals surface area contributed by atoms with Crippen molar-refractivity contribution in [3.63, 3.8) is 0 Å². The third kappa shape index (κ3) is 2.93. The van der Waals surface area contributed by atoms with E-state index in [0.717, 1.165) is 6.42 Å². The molecule has 0 N–H and O–H groups in total. The fourth-order valence-corrected chi connectivity index (χ4v) is 2.80. The van der Waals surface area contributed by atoms with Gasteiger partial charge in [0.1, 0.15) is 0 Å². The van der Waals surface area contributed by atoms with Gasteiger partial charge in [0.2, 0.25) is 0 Å².